The molecule has 0 bridgehead atoms. The van der Waals surface area contributed by atoms with Crippen molar-refractivity contribution in [2.75, 3.05) is 20.2 Å². The number of ether oxygens (including phenoxy) is 1. The molecule has 122 valence electrons. The number of likely N-dealkylation sites (tertiary alicyclic amines) is 1. The topological polar surface area (TPSA) is 47.4 Å². The first kappa shape index (κ1) is 15.6. The Morgan fingerprint density at radius 3 is 2.57 bits per heavy atom. The van der Waals surface area contributed by atoms with E-state index in [4.69, 9.17) is 4.74 Å². The molecular formula is C18H23N3O2. The van der Waals surface area contributed by atoms with Crippen LogP contribution in [0.4, 0.5) is 0 Å². The van der Waals surface area contributed by atoms with Crippen LogP contribution in [0.2, 0.25) is 0 Å². The van der Waals surface area contributed by atoms with Crippen molar-refractivity contribution in [3.05, 3.63) is 35.5 Å². The third kappa shape index (κ3) is 3.09. The molecule has 0 aliphatic carbocycles. The maximum Gasteiger partial charge on any atom is 0.274 e. The van der Waals surface area contributed by atoms with E-state index < -0.39 is 0 Å². The Balaban J connectivity index is 1.88. The molecule has 1 saturated heterocycles. The van der Waals surface area contributed by atoms with Crippen LogP contribution in [-0.4, -0.2) is 40.8 Å². The Bertz CT molecular complexity index is 715. The number of methoxy groups -OCH3 is 1. The highest BCUT2D eigenvalue weighted by Gasteiger charge is 2.22. The van der Waals surface area contributed by atoms with Gasteiger partial charge in [-0.1, -0.05) is 0 Å². The Hall–Kier alpha value is -2.30. The van der Waals surface area contributed by atoms with E-state index in [0.717, 1.165) is 48.5 Å². The predicted octanol–water partition coefficient (Wildman–Crippen LogP) is 3.03. The number of carbonyl (C=O) groups excluding carboxylic acids is 1. The lowest BCUT2D eigenvalue weighted by Gasteiger charge is -2.25. The molecule has 0 spiro atoms. The molecule has 5 nitrogen and oxygen atoms in total. The van der Waals surface area contributed by atoms with E-state index in [0.29, 0.717) is 5.69 Å². The molecule has 5 heteroatoms. The summed E-state index contributed by atoms with van der Waals surface area (Å²) in [6.07, 6.45) is 3.38. The number of nitrogens with zero attached hydrogens (tertiary/aromatic N) is 3. The van der Waals surface area contributed by atoms with Crippen molar-refractivity contribution in [1.82, 2.24) is 14.7 Å². The fourth-order valence-electron chi connectivity index (χ4n) is 3.14. The second kappa shape index (κ2) is 6.44. The largest absolute Gasteiger partial charge is 0.496 e. The Morgan fingerprint density at radius 1 is 1.17 bits per heavy atom. The summed E-state index contributed by atoms with van der Waals surface area (Å²) in [6, 6.07) is 7.89. The van der Waals surface area contributed by atoms with Gasteiger partial charge in [0, 0.05) is 25.7 Å². The van der Waals surface area contributed by atoms with Crippen LogP contribution in [0.25, 0.3) is 11.3 Å². The monoisotopic (exact) mass is 313 g/mol. The highest BCUT2D eigenvalue weighted by Crippen LogP contribution is 2.26. The number of rotatable bonds is 3. The van der Waals surface area contributed by atoms with Gasteiger partial charge in [-0.15, -0.1) is 0 Å². The van der Waals surface area contributed by atoms with E-state index >= 15 is 0 Å². The highest BCUT2D eigenvalue weighted by atomic mass is 16.5. The van der Waals surface area contributed by atoms with Crippen molar-refractivity contribution in [3.63, 3.8) is 0 Å². The normalized spacial score (nSPS) is 14.8. The number of hydrogen-bond donors (Lipinski definition) is 0. The molecule has 0 atom stereocenters. The minimum Gasteiger partial charge on any atom is -0.496 e. The summed E-state index contributed by atoms with van der Waals surface area (Å²) in [5.74, 6) is 0.900. The molecule has 2 aromatic rings. The molecule has 0 saturated carbocycles. The van der Waals surface area contributed by atoms with E-state index in [1.54, 1.807) is 11.8 Å². The molecule has 1 amide bonds. The van der Waals surface area contributed by atoms with E-state index in [1.807, 2.05) is 37.1 Å². The van der Waals surface area contributed by atoms with Crippen molar-refractivity contribution in [2.45, 2.75) is 26.2 Å². The summed E-state index contributed by atoms with van der Waals surface area (Å²) in [7, 11) is 3.54. The number of amides is 1. The lowest BCUT2D eigenvalue weighted by Crippen LogP contribution is -2.35. The zero-order chi connectivity index (χ0) is 16.4. The molecule has 1 aromatic heterocycles. The Morgan fingerprint density at radius 2 is 1.91 bits per heavy atom. The fraction of sp³-hybridized carbons (Fsp3) is 0.444. The molecule has 3 rings (SSSR count). The smallest absolute Gasteiger partial charge is 0.274 e. The van der Waals surface area contributed by atoms with Gasteiger partial charge in [0.05, 0.1) is 12.8 Å². The van der Waals surface area contributed by atoms with Gasteiger partial charge in [0.15, 0.2) is 5.69 Å². The van der Waals surface area contributed by atoms with Crippen LogP contribution >= 0.6 is 0 Å². The van der Waals surface area contributed by atoms with E-state index in [9.17, 15) is 4.79 Å². The van der Waals surface area contributed by atoms with Crippen LogP contribution in [-0.2, 0) is 7.05 Å². The second-order valence-corrected chi connectivity index (χ2v) is 6.08. The third-order valence-electron chi connectivity index (χ3n) is 4.43. The predicted molar refractivity (Wildman–Crippen MR) is 89.7 cm³/mol. The third-order valence-corrected chi connectivity index (χ3v) is 4.43. The second-order valence-electron chi connectivity index (χ2n) is 6.08. The van der Waals surface area contributed by atoms with E-state index in [1.165, 1.54) is 6.42 Å². The number of hydrogen-bond acceptors (Lipinski definition) is 3. The molecule has 0 unspecified atom stereocenters. The number of carbonyl (C=O) groups is 1. The van der Waals surface area contributed by atoms with Gasteiger partial charge in [0.2, 0.25) is 0 Å². The van der Waals surface area contributed by atoms with Crippen molar-refractivity contribution in [3.8, 4) is 17.0 Å². The van der Waals surface area contributed by atoms with Crippen LogP contribution < -0.4 is 4.74 Å². The zero-order valence-electron chi connectivity index (χ0n) is 14.0. The number of aromatic nitrogens is 2. The van der Waals surface area contributed by atoms with Crippen LogP contribution in [0.3, 0.4) is 0 Å². The zero-order valence-corrected chi connectivity index (χ0v) is 14.0. The van der Waals surface area contributed by atoms with Crippen LogP contribution in [0.5, 0.6) is 5.75 Å². The van der Waals surface area contributed by atoms with Crippen LogP contribution in [0.15, 0.2) is 24.3 Å². The van der Waals surface area contributed by atoms with Crippen molar-refractivity contribution >= 4 is 5.91 Å². The minimum absolute atomic E-state index is 0.0387. The SMILES string of the molecule is COc1ccc(-c2cc(C(=O)N3CCCCC3)nn2C)cc1C. The first-order valence-corrected chi connectivity index (χ1v) is 8.08. The van der Waals surface area contributed by atoms with Gasteiger partial charge in [-0.25, -0.2) is 0 Å². The van der Waals surface area contributed by atoms with Crippen molar-refractivity contribution < 1.29 is 9.53 Å². The first-order chi connectivity index (χ1) is 11.1. The summed E-state index contributed by atoms with van der Waals surface area (Å²) in [5.41, 5.74) is 3.57. The molecule has 0 radical (unpaired) electrons. The lowest BCUT2D eigenvalue weighted by molar-refractivity contribution is 0.0717. The minimum atomic E-state index is 0.0387. The van der Waals surface area contributed by atoms with Crippen molar-refractivity contribution in [2.24, 2.45) is 7.05 Å². The van der Waals surface area contributed by atoms with Gasteiger partial charge in [-0.05, 0) is 56.0 Å². The maximum atomic E-state index is 12.6. The van der Waals surface area contributed by atoms with Gasteiger partial charge in [-0.2, -0.15) is 5.10 Å². The molecule has 2 heterocycles. The molecular weight excluding hydrogens is 290 g/mol. The van der Waals surface area contributed by atoms with E-state index in [2.05, 4.69) is 11.2 Å². The van der Waals surface area contributed by atoms with Crippen LogP contribution in [0, 0.1) is 6.92 Å². The lowest BCUT2D eigenvalue weighted by atomic mass is 10.1. The van der Waals surface area contributed by atoms with Gasteiger partial charge in [0.1, 0.15) is 5.75 Å². The standard InChI is InChI=1S/C18H23N3O2/c1-13-11-14(7-8-17(13)23-3)16-12-15(19-20(16)2)18(22)21-9-5-4-6-10-21/h7-8,11-12H,4-6,9-10H2,1-3H3. The van der Waals surface area contributed by atoms with Crippen molar-refractivity contribution in [1.29, 1.82) is 0 Å². The van der Waals surface area contributed by atoms with Gasteiger partial charge < -0.3 is 9.64 Å². The molecule has 1 aromatic carbocycles. The van der Waals surface area contributed by atoms with Gasteiger partial charge in [-0.3, -0.25) is 9.48 Å². The van der Waals surface area contributed by atoms with Gasteiger partial charge >= 0.3 is 0 Å². The maximum absolute atomic E-state index is 12.6. The highest BCUT2D eigenvalue weighted by molar-refractivity contribution is 5.93. The Kier molecular flexibility index (Phi) is 4.37. The number of benzene rings is 1. The molecule has 0 N–H and O–H groups in total. The summed E-state index contributed by atoms with van der Waals surface area (Å²) < 4.78 is 7.08. The summed E-state index contributed by atoms with van der Waals surface area (Å²) in [6.45, 7) is 3.69. The Labute approximate surface area is 136 Å². The molecule has 1 aliphatic rings. The summed E-state index contributed by atoms with van der Waals surface area (Å²) in [5, 5.41) is 4.43. The first-order valence-electron chi connectivity index (χ1n) is 8.08. The van der Waals surface area contributed by atoms with Crippen LogP contribution in [0.1, 0.15) is 35.3 Å². The molecule has 1 aliphatic heterocycles. The fourth-order valence-corrected chi connectivity index (χ4v) is 3.14. The van der Waals surface area contributed by atoms with E-state index in [-0.39, 0.29) is 5.91 Å². The average molecular weight is 313 g/mol. The van der Waals surface area contributed by atoms with Gasteiger partial charge in [0.25, 0.3) is 5.91 Å². The summed E-state index contributed by atoms with van der Waals surface area (Å²) >= 11 is 0. The molecule has 23 heavy (non-hydrogen) atoms. The quantitative estimate of drug-likeness (QED) is 0.875. The number of piperidine rings is 1. The summed E-state index contributed by atoms with van der Waals surface area (Å²) in [4.78, 5) is 14.5. The average Bonchev–Trinajstić information content (AvgIpc) is 2.96. The molecule has 1 fully saturated rings. The number of aryl methyl sites for hydroxylation is 2.